The summed E-state index contributed by atoms with van der Waals surface area (Å²) in [7, 11) is 1.24. The molecule has 5 nitrogen and oxygen atoms in total. The van der Waals surface area contributed by atoms with Gasteiger partial charge in [-0.25, -0.2) is 14.6 Å². The van der Waals surface area contributed by atoms with E-state index in [9.17, 15) is 9.59 Å². The van der Waals surface area contributed by atoms with Crippen LogP contribution in [0.5, 0.6) is 0 Å². The molecule has 1 N–H and O–H groups in total. The van der Waals surface area contributed by atoms with E-state index in [-0.39, 0.29) is 16.6 Å². The lowest BCUT2D eigenvalue weighted by Gasteiger charge is -2.04. The van der Waals surface area contributed by atoms with Crippen LogP contribution in [0.4, 0.5) is 0 Å². The summed E-state index contributed by atoms with van der Waals surface area (Å²) >= 11 is 1.09. The van der Waals surface area contributed by atoms with Crippen LogP contribution >= 0.6 is 11.3 Å². The fourth-order valence-corrected chi connectivity index (χ4v) is 2.29. The lowest BCUT2D eigenvalue weighted by molar-refractivity contribution is 0.0600. The predicted octanol–water partition coefficient (Wildman–Crippen LogP) is 2.14. The van der Waals surface area contributed by atoms with Crippen molar-refractivity contribution < 1.29 is 19.4 Å². The van der Waals surface area contributed by atoms with Crippen LogP contribution in [0.2, 0.25) is 0 Å². The Hall–Kier alpha value is -1.43. The minimum absolute atomic E-state index is 0.0419. The molecule has 1 aromatic rings. The molecule has 1 unspecified atom stereocenters. The standard InChI is InChI=1S/C10H13NO4S/c1-4-5(2)7-6(9(12)13)11-8(16-7)10(14)15-3/h5H,4H2,1-3H3,(H,12,13). The quantitative estimate of drug-likeness (QED) is 0.820. The first kappa shape index (κ1) is 12.6. The average Bonchev–Trinajstić information content (AvgIpc) is 2.71. The van der Waals surface area contributed by atoms with Gasteiger partial charge in [-0.3, -0.25) is 0 Å². The Morgan fingerprint density at radius 1 is 1.56 bits per heavy atom. The maximum Gasteiger partial charge on any atom is 0.367 e. The Kier molecular flexibility index (Phi) is 4.00. The molecule has 0 radical (unpaired) electrons. The minimum atomic E-state index is -1.11. The fourth-order valence-electron chi connectivity index (χ4n) is 1.18. The largest absolute Gasteiger partial charge is 0.476 e. The molecule has 6 heteroatoms. The van der Waals surface area contributed by atoms with Crippen molar-refractivity contribution in [3.05, 3.63) is 15.6 Å². The molecule has 0 spiro atoms. The third kappa shape index (κ3) is 2.38. The van der Waals surface area contributed by atoms with Gasteiger partial charge in [0.15, 0.2) is 5.69 Å². The molecule has 1 heterocycles. The smallest absolute Gasteiger partial charge is 0.367 e. The Morgan fingerprint density at radius 2 is 2.19 bits per heavy atom. The molecule has 0 saturated heterocycles. The van der Waals surface area contributed by atoms with Crippen molar-refractivity contribution in [2.75, 3.05) is 7.11 Å². The van der Waals surface area contributed by atoms with Crippen LogP contribution < -0.4 is 0 Å². The molecule has 1 rings (SSSR count). The zero-order valence-corrected chi connectivity index (χ0v) is 10.1. The molecule has 0 amide bonds. The van der Waals surface area contributed by atoms with E-state index in [0.29, 0.717) is 4.88 Å². The number of carboxylic acids is 1. The van der Waals surface area contributed by atoms with E-state index in [1.807, 2.05) is 13.8 Å². The molecule has 0 saturated carbocycles. The number of carboxylic acid groups (broad SMARTS) is 1. The number of nitrogens with zero attached hydrogens (tertiary/aromatic N) is 1. The molecule has 0 bridgehead atoms. The number of aromatic nitrogens is 1. The molecule has 0 aliphatic rings. The molecule has 0 aromatic carbocycles. The summed E-state index contributed by atoms with van der Waals surface area (Å²) < 4.78 is 4.51. The average molecular weight is 243 g/mol. The summed E-state index contributed by atoms with van der Waals surface area (Å²) in [6.45, 7) is 3.86. The molecule has 0 fully saturated rings. The van der Waals surface area contributed by atoms with Gasteiger partial charge in [-0.1, -0.05) is 13.8 Å². The summed E-state index contributed by atoms with van der Waals surface area (Å²) in [5, 5.41) is 9.06. The van der Waals surface area contributed by atoms with Crippen LogP contribution in [0.1, 0.15) is 51.4 Å². The first-order valence-corrected chi connectivity index (χ1v) is 5.65. The zero-order chi connectivity index (χ0) is 12.3. The summed E-state index contributed by atoms with van der Waals surface area (Å²) in [5.74, 6) is -1.63. The highest BCUT2D eigenvalue weighted by Gasteiger charge is 2.24. The molecule has 0 aliphatic carbocycles. The van der Waals surface area contributed by atoms with Gasteiger partial charge in [-0.05, 0) is 12.3 Å². The van der Waals surface area contributed by atoms with E-state index in [4.69, 9.17) is 5.11 Å². The maximum atomic E-state index is 11.2. The van der Waals surface area contributed by atoms with Crippen molar-refractivity contribution >= 4 is 23.3 Å². The van der Waals surface area contributed by atoms with E-state index in [1.54, 1.807) is 0 Å². The van der Waals surface area contributed by atoms with E-state index in [0.717, 1.165) is 17.8 Å². The topological polar surface area (TPSA) is 76.5 Å². The highest BCUT2D eigenvalue weighted by molar-refractivity contribution is 7.13. The molecule has 1 aromatic heterocycles. The molecular weight excluding hydrogens is 230 g/mol. The van der Waals surface area contributed by atoms with Crippen LogP contribution in [-0.4, -0.2) is 29.1 Å². The van der Waals surface area contributed by atoms with Crippen LogP contribution in [-0.2, 0) is 4.74 Å². The van der Waals surface area contributed by atoms with Crippen molar-refractivity contribution in [3.63, 3.8) is 0 Å². The van der Waals surface area contributed by atoms with Gasteiger partial charge in [0, 0.05) is 4.88 Å². The summed E-state index contributed by atoms with van der Waals surface area (Å²) in [5.41, 5.74) is -0.0419. The normalized spacial score (nSPS) is 12.2. The third-order valence-electron chi connectivity index (χ3n) is 2.28. The second-order valence-corrected chi connectivity index (χ2v) is 4.37. The highest BCUT2D eigenvalue weighted by atomic mass is 32.1. The third-order valence-corrected chi connectivity index (χ3v) is 3.54. The van der Waals surface area contributed by atoms with E-state index in [1.165, 1.54) is 7.11 Å². The van der Waals surface area contributed by atoms with Crippen molar-refractivity contribution in [3.8, 4) is 0 Å². The van der Waals surface area contributed by atoms with Gasteiger partial charge in [0.05, 0.1) is 7.11 Å². The van der Waals surface area contributed by atoms with Gasteiger partial charge in [-0.2, -0.15) is 0 Å². The lowest BCUT2D eigenvalue weighted by Crippen LogP contribution is -2.05. The number of methoxy groups -OCH3 is 1. The number of rotatable bonds is 4. The first-order valence-electron chi connectivity index (χ1n) is 4.83. The van der Waals surface area contributed by atoms with Crippen LogP contribution in [0.3, 0.4) is 0 Å². The highest BCUT2D eigenvalue weighted by Crippen LogP contribution is 2.29. The molecule has 88 valence electrons. The SMILES string of the molecule is CCC(C)c1sc(C(=O)OC)nc1C(=O)O. The number of hydrogen-bond acceptors (Lipinski definition) is 5. The maximum absolute atomic E-state index is 11.2. The molecular formula is C10H13NO4S. The number of carbonyl (C=O) groups excluding carboxylic acids is 1. The predicted molar refractivity (Wildman–Crippen MR) is 59.1 cm³/mol. The second kappa shape index (κ2) is 5.07. The van der Waals surface area contributed by atoms with Gasteiger partial charge in [0.25, 0.3) is 0 Å². The number of hydrogen-bond donors (Lipinski definition) is 1. The van der Waals surface area contributed by atoms with Crippen LogP contribution in [0.25, 0.3) is 0 Å². The van der Waals surface area contributed by atoms with Crippen molar-refractivity contribution in [1.29, 1.82) is 0 Å². The van der Waals surface area contributed by atoms with Crippen LogP contribution in [0.15, 0.2) is 0 Å². The second-order valence-electron chi connectivity index (χ2n) is 3.34. The summed E-state index contributed by atoms with van der Waals surface area (Å²) in [6.07, 6.45) is 0.795. The summed E-state index contributed by atoms with van der Waals surface area (Å²) in [4.78, 5) is 26.6. The van der Waals surface area contributed by atoms with Gasteiger partial charge in [-0.15, -0.1) is 11.3 Å². The number of ether oxygens (including phenoxy) is 1. The monoisotopic (exact) mass is 243 g/mol. The van der Waals surface area contributed by atoms with Crippen molar-refractivity contribution in [1.82, 2.24) is 4.98 Å². The minimum Gasteiger partial charge on any atom is -0.476 e. The van der Waals surface area contributed by atoms with E-state index >= 15 is 0 Å². The van der Waals surface area contributed by atoms with Crippen molar-refractivity contribution in [2.24, 2.45) is 0 Å². The molecule has 0 aliphatic heterocycles. The van der Waals surface area contributed by atoms with Gasteiger partial charge >= 0.3 is 11.9 Å². The lowest BCUT2D eigenvalue weighted by atomic mass is 10.1. The van der Waals surface area contributed by atoms with Gasteiger partial charge < -0.3 is 9.84 Å². The first-order chi connectivity index (χ1) is 7.51. The summed E-state index contributed by atoms with van der Waals surface area (Å²) in [6, 6.07) is 0. The number of thiazole rings is 1. The number of carbonyl (C=O) groups is 2. The van der Waals surface area contributed by atoms with E-state index in [2.05, 4.69) is 9.72 Å². The fraction of sp³-hybridized carbons (Fsp3) is 0.500. The Balaban J connectivity index is 3.20. The molecule has 1 atom stereocenters. The Labute approximate surface area is 97.1 Å². The Bertz CT molecular complexity index is 413. The number of aromatic carboxylic acids is 1. The van der Waals surface area contributed by atoms with Crippen molar-refractivity contribution in [2.45, 2.75) is 26.2 Å². The van der Waals surface area contributed by atoms with Gasteiger partial charge in [0.1, 0.15) is 0 Å². The van der Waals surface area contributed by atoms with Gasteiger partial charge in [0.2, 0.25) is 5.01 Å². The Morgan fingerprint density at radius 3 is 2.62 bits per heavy atom. The number of esters is 1. The zero-order valence-electron chi connectivity index (χ0n) is 9.31. The van der Waals surface area contributed by atoms with Crippen LogP contribution in [0, 0.1) is 0 Å². The molecule has 16 heavy (non-hydrogen) atoms. The van der Waals surface area contributed by atoms with E-state index < -0.39 is 11.9 Å².